The summed E-state index contributed by atoms with van der Waals surface area (Å²) in [6.45, 7) is 14.1. The molecule has 1 rings (SSSR count). The van der Waals surface area contributed by atoms with Crippen LogP contribution < -0.4 is 5.32 Å². The van der Waals surface area contributed by atoms with E-state index in [-0.39, 0.29) is 5.54 Å². The predicted molar refractivity (Wildman–Crippen MR) is 84.7 cm³/mol. The molecule has 1 saturated heterocycles. The molecular formula is C16H35N3. The minimum Gasteiger partial charge on any atom is -0.312 e. The third-order valence-corrected chi connectivity index (χ3v) is 4.12. The number of likely N-dealkylation sites (N-methyl/N-ethyl adjacent to an activating group) is 1. The van der Waals surface area contributed by atoms with Crippen molar-refractivity contribution in [1.29, 1.82) is 0 Å². The van der Waals surface area contributed by atoms with Crippen molar-refractivity contribution in [3.8, 4) is 0 Å². The summed E-state index contributed by atoms with van der Waals surface area (Å²) in [6.07, 6.45) is 4.00. The molecule has 1 heterocycles. The highest BCUT2D eigenvalue weighted by molar-refractivity contribution is 4.86. The molecule has 3 nitrogen and oxygen atoms in total. The van der Waals surface area contributed by atoms with Crippen molar-refractivity contribution >= 4 is 0 Å². The molecule has 0 aromatic rings. The molecule has 0 radical (unpaired) electrons. The van der Waals surface area contributed by atoms with Crippen LogP contribution in [0, 0.1) is 5.92 Å². The molecule has 3 heteroatoms. The summed E-state index contributed by atoms with van der Waals surface area (Å²) < 4.78 is 0. The second-order valence-electron chi connectivity index (χ2n) is 7.51. The van der Waals surface area contributed by atoms with E-state index in [0.717, 1.165) is 18.5 Å². The monoisotopic (exact) mass is 269 g/mol. The molecule has 0 aromatic heterocycles. The number of unbranched alkanes of at least 4 members (excludes halogenated alkanes) is 2. The molecule has 1 fully saturated rings. The number of nitrogens with one attached hydrogen (secondary N) is 1. The molecule has 2 unspecified atom stereocenters. The minimum absolute atomic E-state index is 0.267. The maximum absolute atomic E-state index is 3.56. The van der Waals surface area contributed by atoms with E-state index < -0.39 is 0 Å². The summed E-state index contributed by atoms with van der Waals surface area (Å²) in [4.78, 5) is 5.03. The molecule has 0 spiro atoms. The fourth-order valence-electron chi connectivity index (χ4n) is 3.00. The summed E-state index contributed by atoms with van der Waals surface area (Å²) in [5, 5.41) is 3.56. The van der Waals surface area contributed by atoms with Crippen LogP contribution in [0.5, 0.6) is 0 Å². The summed E-state index contributed by atoms with van der Waals surface area (Å²) >= 11 is 0. The van der Waals surface area contributed by atoms with Crippen molar-refractivity contribution in [3.63, 3.8) is 0 Å². The van der Waals surface area contributed by atoms with Gasteiger partial charge in [0, 0.05) is 24.7 Å². The molecule has 114 valence electrons. The van der Waals surface area contributed by atoms with E-state index in [1.807, 2.05) is 0 Å². The van der Waals surface area contributed by atoms with E-state index in [0.29, 0.717) is 0 Å². The first kappa shape index (κ1) is 16.9. The average molecular weight is 269 g/mol. The van der Waals surface area contributed by atoms with Crippen molar-refractivity contribution < 1.29 is 0 Å². The number of hydrogen-bond acceptors (Lipinski definition) is 3. The first-order valence-corrected chi connectivity index (χ1v) is 7.93. The van der Waals surface area contributed by atoms with Gasteiger partial charge in [0.2, 0.25) is 0 Å². The normalized spacial score (nSPS) is 25.4. The van der Waals surface area contributed by atoms with E-state index in [1.54, 1.807) is 0 Å². The van der Waals surface area contributed by atoms with Crippen molar-refractivity contribution in [1.82, 2.24) is 15.1 Å². The maximum atomic E-state index is 3.56. The molecule has 0 amide bonds. The third-order valence-electron chi connectivity index (χ3n) is 4.12. The number of rotatable bonds is 7. The van der Waals surface area contributed by atoms with Gasteiger partial charge in [0.25, 0.3) is 0 Å². The van der Waals surface area contributed by atoms with Crippen LogP contribution in [0.1, 0.15) is 47.0 Å². The molecule has 0 aromatic carbocycles. The van der Waals surface area contributed by atoms with Crippen LogP contribution in [0.25, 0.3) is 0 Å². The molecule has 0 aliphatic carbocycles. The largest absolute Gasteiger partial charge is 0.312 e. The van der Waals surface area contributed by atoms with Crippen LogP contribution in [0.15, 0.2) is 0 Å². The van der Waals surface area contributed by atoms with Gasteiger partial charge in [0.1, 0.15) is 0 Å². The lowest BCUT2D eigenvalue weighted by molar-refractivity contribution is 0.250. The van der Waals surface area contributed by atoms with Gasteiger partial charge in [-0.1, -0.05) is 13.3 Å². The van der Waals surface area contributed by atoms with E-state index >= 15 is 0 Å². The summed E-state index contributed by atoms with van der Waals surface area (Å²) in [5.74, 6) is 0.817. The predicted octanol–water partition coefficient (Wildman–Crippen LogP) is 2.43. The Morgan fingerprint density at radius 2 is 1.79 bits per heavy atom. The molecule has 19 heavy (non-hydrogen) atoms. The molecule has 1 N–H and O–H groups in total. The Balaban J connectivity index is 2.05. The van der Waals surface area contributed by atoms with Gasteiger partial charge in [0.15, 0.2) is 0 Å². The van der Waals surface area contributed by atoms with Gasteiger partial charge in [-0.2, -0.15) is 0 Å². The van der Waals surface area contributed by atoms with Gasteiger partial charge in [-0.05, 0) is 66.7 Å². The molecule has 0 bridgehead atoms. The van der Waals surface area contributed by atoms with Crippen LogP contribution >= 0.6 is 0 Å². The Hall–Kier alpha value is -0.120. The van der Waals surface area contributed by atoms with Gasteiger partial charge < -0.3 is 15.1 Å². The van der Waals surface area contributed by atoms with Crippen LogP contribution in [0.4, 0.5) is 0 Å². The van der Waals surface area contributed by atoms with Crippen molar-refractivity contribution in [3.05, 3.63) is 0 Å². The summed E-state index contributed by atoms with van der Waals surface area (Å²) in [7, 11) is 4.42. The van der Waals surface area contributed by atoms with Crippen LogP contribution in [-0.2, 0) is 0 Å². The standard InChI is InChI=1S/C16H35N3/c1-14-12-19(13-15(14)18(5)6)11-9-7-8-10-17-16(2,3)4/h14-15,17H,7-13H2,1-6H3. The van der Waals surface area contributed by atoms with Gasteiger partial charge in [-0.25, -0.2) is 0 Å². The Morgan fingerprint density at radius 1 is 1.11 bits per heavy atom. The lowest BCUT2D eigenvalue weighted by Gasteiger charge is -2.22. The summed E-state index contributed by atoms with van der Waals surface area (Å²) in [5.41, 5.74) is 0.267. The van der Waals surface area contributed by atoms with E-state index in [9.17, 15) is 0 Å². The lowest BCUT2D eigenvalue weighted by atomic mass is 10.1. The van der Waals surface area contributed by atoms with Crippen molar-refractivity contribution in [2.75, 3.05) is 40.3 Å². The number of nitrogens with zero attached hydrogens (tertiary/aromatic N) is 2. The first-order chi connectivity index (χ1) is 8.79. The Labute approximate surface area is 120 Å². The van der Waals surface area contributed by atoms with Crippen LogP contribution in [0.2, 0.25) is 0 Å². The zero-order valence-corrected chi connectivity index (χ0v) is 14.0. The second-order valence-corrected chi connectivity index (χ2v) is 7.51. The number of hydrogen-bond donors (Lipinski definition) is 1. The Morgan fingerprint density at radius 3 is 2.32 bits per heavy atom. The van der Waals surface area contributed by atoms with Crippen LogP contribution in [-0.4, -0.2) is 61.7 Å². The lowest BCUT2D eigenvalue weighted by Crippen LogP contribution is -2.36. The van der Waals surface area contributed by atoms with Crippen molar-refractivity contribution in [2.24, 2.45) is 5.92 Å². The minimum atomic E-state index is 0.267. The van der Waals surface area contributed by atoms with Crippen LogP contribution in [0.3, 0.4) is 0 Å². The first-order valence-electron chi connectivity index (χ1n) is 7.93. The SMILES string of the molecule is CC1CN(CCCCCNC(C)(C)C)CC1N(C)C. The van der Waals surface area contributed by atoms with Gasteiger partial charge in [-0.3, -0.25) is 0 Å². The highest BCUT2D eigenvalue weighted by atomic mass is 15.2. The number of likely N-dealkylation sites (tertiary alicyclic amines) is 1. The highest BCUT2D eigenvalue weighted by Gasteiger charge is 2.30. The Kier molecular flexibility index (Phi) is 6.78. The average Bonchev–Trinajstić information content (AvgIpc) is 2.63. The fraction of sp³-hybridized carbons (Fsp3) is 1.00. The van der Waals surface area contributed by atoms with Gasteiger partial charge in [-0.15, -0.1) is 0 Å². The Bertz CT molecular complexity index is 245. The van der Waals surface area contributed by atoms with E-state index in [1.165, 1.54) is 38.9 Å². The van der Waals surface area contributed by atoms with E-state index in [2.05, 4.69) is 56.9 Å². The van der Waals surface area contributed by atoms with Crippen molar-refractivity contribution in [2.45, 2.75) is 58.5 Å². The maximum Gasteiger partial charge on any atom is 0.0254 e. The van der Waals surface area contributed by atoms with E-state index in [4.69, 9.17) is 0 Å². The molecular weight excluding hydrogens is 234 g/mol. The zero-order valence-electron chi connectivity index (χ0n) is 14.0. The molecule has 1 aliphatic rings. The molecule has 1 aliphatic heterocycles. The third kappa shape index (κ3) is 6.73. The smallest absolute Gasteiger partial charge is 0.0254 e. The second kappa shape index (κ2) is 7.61. The van der Waals surface area contributed by atoms with Gasteiger partial charge in [0.05, 0.1) is 0 Å². The molecule has 0 saturated carbocycles. The molecule has 2 atom stereocenters. The summed E-state index contributed by atoms with van der Waals surface area (Å²) in [6, 6.07) is 0.752. The topological polar surface area (TPSA) is 18.5 Å². The fourth-order valence-corrected chi connectivity index (χ4v) is 3.00. The quantitative estimate of drug-likeness (QED) is 0.716. The zero-order chi connectivity index (χ0) is 14.5. The highest BCUT2D eigenvalue weighted by Crippen LogP contribution is 2.20. The van der Waals surface area contributed by atoms with Gasteiger partial charge >= 0.3 is 0 Å².